The summed E-state index contributed by atoms with van der Waals surface area (Å²) >= 11 is 0. The van der Waals surface area contributed by atoms with E-state index in [0.29, 0.717) is 11.3 Å². The normalized spacial score (nSPS) is 14.2. The molecule has 0 fully saturated rings. The Morgan fingerprint density at radius 1 is 1.25 bits per heavy atom. The Balaban J connectivity index is 2.11. The van der Waals surface area contributed by atoms with Crippen LogP contribution in [0.4, 0.5) is 0 Å². The first-order chi connectivity index (χ1) is 9.62. The van der Waals surface area contributed by atoms with Crippen LogP contribution in [0.25, 0.3) is 11.0 Å². The summed E-state index contributed by atoms with van der Waals surface area (Å²) in [7, 11) is 1.71. The maximum atomic E-state index is 11.2. The molecule has 2 rings (SSSR count). The number of hydrogen-bond donors (Lipinski definition) is 0. The number of fused-ring (bicyclic) bond motifs is 1. The number of benzene rings is 1. The topological polar surface area (TPSA) is 48.7 Å². The van der Waals surface area contributed by atoms with Gasteiger partial charge in [0.05, 0.1) is 12.2 Å². The standard InChI is InChI=1S/C16H20O4/c1-4-13(18-3)9-11(2)19-14-7-5-12-6-8-16(17)20-15(12)10-14/h5-8,10-11,13H,4,9H2,1-3H3. The molecular formula is C16H20O4. The zero-order valence-electron chi connectivity index (χ0n) is 12.1. The van der Waals surface area contributed by atoms with E-state index in [1.165, 1.54) is 6.07 Å². The van der Waals surface area contributed by atoms with E-state index in [-0.39, 0.29) is 17.8 Å². The third kappa shape index (κ3) is 3.61. The molecule has 0 aliphatic rings. The maximum absolute atomic E-state index is 11.2. The van der Waals surface area contributed by atoms with E-state index in [9.17, 15) is 4.79 Å². The fourth-order valence-corrected chi connectivity index (χ4v) is 2.19. The predicted molar refractivity (Wildman–Crippen MR) is 78.3 cm³/mol. The van der Waals surface area contributed by atoms with E-state index in [0.717, 1.165) is 18.2 Å². The highest BCUT2D eigenvalue weighted by atomic mass is 16.5. The van der Waals surface area contributed by atoms with Crippen molar-refractivity contribution in [2.24, 2.45) is 0 Å². The number of rotatable bonds is 6. The van der Waals surface area contributed by atoms with Crippen molar-refractivity contribution in [3.63, 3.8) is 0 Å². The summed E-state index contributed by atoms with van der Waals surface area (Å²) < 4.78 is 16.4. The van der Waals surface area contributed by atoms with E-state index < -0.39 is 0 Å². The second kappa shape index (κ2) is 6.57. The van der Waals surface area contributed by atoms with Crippen molar-refractivity contribution in [3.8, 4) is 5.75 Å². The highest BCUT2D eigenvalue weighted by molar-refractivity contribution is 5.77. The van der Waals surface area contributed by atoms with Crippen LogP contribution in [0.5, 0.6) is 5.75 Å². The van der Waals surface area contributed by atoms with Gasteiger partial charge in [-0.25, -0.2) is 4.79 Å². The van der Waals surface area contributed by atoms with Gasteiger partial charge in [0, 0.05) is 31.0 Å². The van der Waals surface area contributed by atoms with Gasteiger partial charge >= 0.3 is 5.63 Å². The van der Waals surface area contributed by atoms with Crippen LogP contribution in [0.3, 0.4) is 0 Å². The molecule has 2 aromatic rings. The van der Waals surface area contributed by atoms with Crippen LogP contribution in [-0.4, -0.2) is 19.3 Å². The molecule has 1 aromatic heterocycles. The smallest absolute Gasteiger partial charge is 0.336 e. The van der Waals surface area contributed by atoms with E-state index in [4.69, 9.17) is 13.9 Å². The summed E-state index contributed by atoms with van der Waals surface area (Å²) in [6.45, 7) is 4.10. The average molecular weight is 276 g/mol. The van der Waals surface area contributed by atoms with Crippen LogP contribution < -0.4 is 10.4 Å². The second-order valence-corrected chi connectivity index (χ2v) is 4.88. The Labute approximate surface area is 118 Å². The quantitative estimate of drug-likeness (QED) is 0.759. The SMILES string of the molecule is CCC(CC(C)Oc1ccc2ccc(=O)oc2c1)OC. The van der Waals surface area contributed by atoms with Crippen molar-refractivity contribution in [1.82, 2.24) is 0 Å². The molecule has 108 valence electrons. The zero-order chi connectivity index (χ0) is 14.5. The minimum atomic E-state index is -0.354. The van der Waals surface area contributed by atoms with Crippen LogP contribution in [0.2, 0.25) is 0 Å². The molecule has 0 amide bonds. The van der Waals surface area contributed by atoms with Crippen molar-refractivity contribution < 1.29 is 13.9 Å². The van der Waals surface area contributed by atoms with Crippen LogP contribution >= 0.6 is 0 Å². The van der Waals surface area contributed by atoms with Crippen LogP contribution in [-0.2, 0) is 4.74 Å². The van der Waals surface area contributed by atoms with Crippen molar-refractivity contribution in [2.45, 2.75) is 38.9 Å². The van der Waals surface area contributed by atoms with E-state index in [1.807, 2.05) is 19.1 Å². The number of ether oxygens (including phenoxy) is 2. The molecular weight excluding hydrogens is 256 g/mol. The highest BCUT2D eigenvalue weighted by Crippen LogP contribution is 2.21. The lowest BCUT2D eigenvalue weighted by Crippen LogP contribution is -2.21. The molecule has 2 atom stereocenters. The fourth-order valence-electron chi connectivity index (χ4n) is 2.19. The molecule has 0 radical (unpaired) electrons. The highest BCUT2D eigenvalue weighted by Gasteiger charge is 2.12. The molecule has 0 N–H and O–H groups in total. The van der Waals surface area contributed by atoms with Gasteiger partial charge in [-0.05, 0) is 31.5 Å². The molecule has 2 unspecified atom stereocenters. The van der Waals surface area contributed by atoms with Gasteiger partial charge in [-0.15, -0.1) is 0 Å². The van der Waals surface area contributed by atoms with Crippen molar-refractivity contribution in [3.05, 3.63) is 40.8 Å². The first kappa shape index (κ1) is 14.6. The molecule has 0 saturated heterocycles. The van der Waals surface area contributed by atoms with Gasteiger partial charge in [-0.1, -0.05) is 6.92 Å². The van der Waals surface area contributed by atoms with Gasteiger partial charge in [0.25, 0.3) is 0 Å². The molecule has 0 bridgehead atoms. The summed E-state index contributed by atoms with van der Waals surface area (Å²) in [6.07, 6.45) is 2.01. The number of hydrogen-bond acceptors (Lipinski definition) is 4. The lowest BCUT2D eigenvalue weighted by Gasteiger charge is -2.20. The zero-order valence-corrected chi connectivity index (χ0v) is 12.1. The molecule has 0 saturated carbocycles. The Bertz CT molecular complexity index is 613. The molecule has 4 nitrogen and oxygen atoms in total. The third-order valence-electron chi connectivity index (χ3n) is 3.32. The summed E-state index contributed by atoms with van der Waals surface area (Å²) in [6, 6.07) is 8.67. The molecule has 0 aliphatic carbocycles. The Hall–Kier alpha value is -1.81. The van der Waals surface area contributed by atoms with Gasteiger partial charge in [-0.2, -0.15) is 0 Å². The fraction of sp³-hybridized carbons (Fsp3) is 0.438. The maximum Gasteiger partial charge on any atom is 0.336 e. The minimum Gasteiger partial charge on any atom is -0.490 e. The molecule has 0 spiro atoms. The number of methoxy groups -OCH3 is 1. The summed E-state index contributed by atoms with van der Waals surface area (Å²) in [5, 5.41) is 0.882. The molecule has 4 heteroatoms. The summed E-state index contributed by atoms with van der Waals surface area (Å²) in [5.41, 5.74) is 0.189. The third-order valence-corrected chi connectivity index (χ3v) is 3.32. The molecule has 1 heterocycles. The van der Waals surface area contributed by atoms with Crippen molar-refractivity contribution in [2.75, 3.05) is 7.11 Å². The molecule has 1 aromatic carbocycles. The van der Waals surface area contributed by atoms with E-state index in [1.54, 1.807) is 19.2 Å². The Morgan fingerprint density at radius 3 is 2.70 bits per heavy atom. The van der Waals surface area contributed by atoms with Crippen molar-refractivity contribution in [1.29, 1.82) is 0 Å². The molecule has 0 aliphatic heterocycles. The van der Waals surface area contributed by atoms with Gasteiger partial charge in [0.2, 0.25) is 0 Å². The van der Waals surface area contributed by atoms with Gasteiger partial charge in [0.1, 0.15) is 11.3 Å². The lowest BCUT2D eigenvalue weighted by atomic mass is 10.1. The monoisotopic (exact) mass is 276 g/mol. The minimum absolute atomic E-state index is 0.0350. The van der Waals surface area contributed by atoms with Gasteiger partial charge in [-0.3, -0.25) is 0 Å². The van der Waals surface area contributed by atoms with Crippen LogP contribution in [0, 0.1) is 0 Å². The Kier molecular flexibility index (Phi) is 4.79. The first-order valence-corrected chi connectivity index (χ1v) is 6.85. The van der Waals surface area contributed by atoms with Crippen LogP contribution in [0.1, 0.15) is 26.7 Å². The molecule has 20 heavy (non-hydrogen) atoms. The van der Waals surface area contributed by atoms with Gasteiger partial charge < -0.3 is 13.9 Å². The van der Waals surface area contributed by atoms with E-state index in [2.05, 4.69) is 6.92 Å². The predicted octanol–water partition coefficient (Wildman–Crippen LogP) is 3.38. The van der Waals surface area contributed by atoms with E-state index >= 15 is 0 Å². The van der Waals surface area contributed by atoms with Crippen molar-refractivity contribution >= 4 is 11.0 Å². The van der Waals surface area contributed by atoms with Gasteiger partial charge in [0.15, 0.2) is 0 Å². The van der Waals surface area contributed by atoms with Crippen LogP contribution in [0.15, 0.2) is 39.5 Å². The first-order valence-electron chi connectivity index (χ1n) is 6.85. The lowest BCUT2D eigenvalue weighted by molar-refractivity contribution is 0.0570. The summed E-state index contributed by atoms with van der Waals surface area (Å²) in [4.78, 5) is 11.2. The largest absolute Gasteiger partial charge is 0.490 e. The second-order valence-electron chi connectivity index (χ2n) is 4.88. The Morgan fingerprint density at radius 2 is 2.00 bits per heavy atom. The average Bonchev–Trinajstić information content (AvgIpc) is 2.44. The summed E-state index contributed by atoms with van der Waals surface area (Å²) in [5.74, 6) is 0.699.